The molecule has 1 fully saturated rings. The van der Waals surface area contributed by atoms with Crippen LogP contribution in [0.25, 0.3) is 11.4 Å². The molecule has 1 aromatic heterocycles. The van der Waals surface area contributed by atoms with E-state index in [4.69, 9.17) is 28.2 Å². The first-order valence-corrected chi connectivity index (χ1v) is 11.3. The first-order chi connectivity index (χ1) is 16.6. The van der Waals surface area contributed by atoms with Gasteiger partial charge in [0.15, 0.2) is 18.1 Å². The number of ether oxygens (including phenoxy) is 5. The van der Waals surface area contributed by atoms with Crippen molar-refractivity contribution in [3.63, 3.8) is 0 Å². The lowest BCUT2D eigenvalue weighted by atomic mass is 9.78. The van der Waals surface area contributed by atoms with Crippen molar-refractivity contribution in [2.75, 3.05) is 27.4 Å². The van der Waals surface area contributed by atoms with E-state index in [9.17, 15) is 4.79 Å². The molecule has 0 unspecified atom stereocenters. The average Bonchev–Trinajstić information content (AvgIpc) is 3.57. The Kier molecular flexibility index (Phi) is 6.00. The van der Waals surface area contributed by atoms with Gasteiger partial charge in [0.2, 0.25) is 5.82 Å². The minimum atomic E-state index is -0.724. The highest BCUT2D eigenvalue weighted by atomic mass is 16.6. The predicted molar refractivity (Wildman–Crippen MR) is 120 cm³/mol. The topological polar surface area (TPSA) is 102 Å². The van der Waals surface area contributed by atoms with Gasteiger partial charge in [-0.05, 0) is 42.7 Å². The Balaban J connectivity index is 1.32. The average molecular weight is 466 g/mol. The first kappa shape index (κ1) is 22.1. The number of fused-ring (bicyclic) bond motifs is 1. The number of hydrogen-bond acceptors (Lipinski definition) is 9. The van der Waals surface area contributed by atoms with E-state index in [-0.39, 0.29) is 18.5 Å². The van der Waals surface area contributed by atoms with E-state index in [1.165, 1.54) is 0 Å². The van der Waals surface area contributed by atoms with Crippen molar-refractivity contribution in [3.05, 3.63) is 47.9 Å². The van der Waals surface area contributed by atoms with Gasteiger partial charge in [-0.25, -0.2) is 0 Å². The number of carbonyl (C=O) groups excluding carboxylic acids is 1. The zero-order valence-corrected chi connectivity index (χ0v) is 19.2. The number of esters is 1. The molecule has 34 heavy (non-hydrogen) atoms. The molecule has 3 aromatic rings. The molecule has 0 saturated heterocycles. The number of methoxy groups -OCH3 is 2. The molecule has 2 aromatic carbocycles. The van der Waals surface area contributed by atoms with Crippen LogP contribution in [-0.2, 0) is 21.6 Å². The molecule has 0 bridgehead atoms. The minimum absolute atomic E-state index is 0.114. The molecule has 5 rings (SSSR count). The Morgan fingerprint density at radius 1 is 1.00 bits per heavy atom. The van der Waals surface area contributed by atoms with Crippen LogP contribution >= 0.6 is 0 Å². The fourth-order valence-corrected chi connectivity index (χ4v) is 4.60. The fraction of sp³-hybridized carbons (Fsp3) is 0.400. The number of aromatic nitrogens is 2. The lowest BCUT2D eigenvalue weighted by Gasteiger charge is -2.28. The summed E-state index contributed by atoms with van der Waals surface area (Å²) < 4.78 is 33.0. The van der Waals surface area contributed by atoms with Gasteiger partial charge in [-0.15, -0.1) is 0 Å². The molecule has 0 spiro atoms. The highest BCUT2D eigenvalue weighted by Gasteiger charge is 2.45. The van der Waals surface area contributed by atoms with Crippen LogP contribution in [0.1, 0.15) is 37.1 Å². The zero-order valence-electron chi connectivity index (χ0n) is 19.2. The van der Waals surface area contributed by atoms with Gasteiger partial charge >= 0.3 is 5.97 Å². The van der Waals surface area contributed by atoms with Crippen molar-refractivity contribution in [1.82, 2.24) is 10.1 Å². The Morgan fingerprint density at radius 3 is 2.56 bits per heavy atom. The molecule has 2 heterocycles. The third-order valence-corrected chi connectivity index (χ3v) is 6.39. The maximum absolute atomic E-state index is 13.3. The highest BCUT2D eigenvalue weighted by Crippen LogP contribution is 2.45. The van der Waals surface area contributed by atoms with Crippen LogP contribution in [0.5, 0.6) is 23.0 Å². The van der Waals surface area contributed by atoms with Gasteiger partial charge in [0.25, 0.3) is 5.89 Å². The summed E-state index contributed by atoms with van der Waals surface area (Å²) in [5.41, 5.74) is 0.805. The summed E-state index contributed by atoms with van der Waals surface area (Å²) >= 11 is 0. The van der Waals surface area contributed by atoms with E-state index in [0.717, 1.165) is 18.4 Å². The van der Waals surface area contributed by atoms with Crippen molar-refractivity contribution in [2.45, 2.75) is 37.7 Å². The Labute approximate surface area is 196 Å². The maximum Gasteiger partial charge on any atom is 0.317 e. The van der Waals surface area contributed by atoms with E-state index in [0.29, 0.717) is 60.4 Å². The van der Waals surface area contributed by atoms with Crippen molar-refractivity contribution in [1.29, 1.82) is 0 Å². The van der Waals surface area contributed by atoms with Crippen LogP contribution in [-0.4, -0.2) is 43.5 Å². The second-order valence-corrected chi connectivity index (χ2v) is 8.30. The predicted octanol–water partition coefficient (Wildman–Crippen LogP) is 4.08. The molecule has 9 nitrogen and oxygen atoms in total. The minimum Gasteiger partial charge on any atom is -0.497 e. The lowest BCUT2D eigenvalue weighted by Crippen LogP contribution is -2.35. The molecule has 1 saturated carbocycles. The van der Waals surface area contributed by atoms with Gasteiger partial charge in [0, 0.05) is 6.07 Å². The van der Waals surface area contributed by atoms with Gasteiger partial charge < -0.3 is 28.2 Å². The molecule has 2 aliphatic rings. The normalized spacial score (nSPS) is 16.2. The van der Waals surface area contributed by atoms with E-state index in [2.05, 4.69) is 10.1 Å². The Morgan fingerprint density at radius 2 is 1.79 bits per heavy atom. The summed E-state index contributed by atoms with van der Waals surface area (Å²) in [5.74, 6) is 2.81. The van der Waals surface area contributed by atoms with Crippen molar-refractivity contribution < 1.29 is 33.0 Å². The summed E-state index contributed by atoms with van der Waals surface area (Å²) in [4.78, 5) is 17.7. The van der Waals surface area contributed by atoms with Crippen LogP contribution < -0.4 is 18.9 Å². The second kappa shape index (κ2) is 9.24. The Bertz CT molecular complexity index is 1180. The summed E-state index contributed by atoms with van der Waals surface area (Å²) in [6.45, 7) is 0.900. The van der Waals surface area contributed by atoms with Gasteiger partial charge in [-0.2, -0.15) is 4.98 Å². The van der Waals surface area contributed by atoms with Gasteiger partial charge in [0.1, 0.15) is 24.7 Å². The van der Waals surface area contributed by atoms with E-state index in [1.807, 2.05) is 18.2 Å². The number of nitrogens with zero attached hydrogens (tertiary/aromatic N) is 2. The summed E-state index contributed by atoms with van der Waals surface area (Å²) in [6.07, 6.45) is 3.32. The molecule has 1 aliphatic heterocycles. The van der Waals surface area contributed by atoms with Crippen molar-refractivity contribution in [3.8, 4) is 34.4 Å². The van der Waals surface area contributed by atoms with Crippen molar-refractivity contribution in [2.24, 2.45) is 0 Å². The third kappa shape index (κ3) is 4.02. The summed E-state index contributed by atoms with van der Waals surface area (Å²) in [6, 6.07) is 11.0. The third-order valence-electron chi connectivity index (χ3n) is 6.39. The Hall–Kier alpha value is -3.75. The molecule has 0 amide bonds. The molecule has 1 aliphatic carbocycles. The molecular weight excluding hydrogens is 440 g/mol. The van der Waals surface area contributed by atoms with Crippen LogP contribution in [0.15, 0.2) is 40.9 Å². The molecule has 178 valence electrons. The van der Waals surface area contributed by atoms with Crippen molar-refractivity contribution >= 4 is 5.97 Å². The first-order valence-electron chi connectivity index (χ1n) is 11.3. The standard InChI is InChI=1S/C25H26N2O7/c1-29-17-6-7-18(20(14-17)30-2)23-26-22(34-27-23)15-33-24(28)25(9-3-4-10-25)16-5-8-19-21(13-16)32-12-11-31-19/h5-8,13-14H,3-4,9-12,15H2,1-2H3. The van der Waals surface area contributed by atoms with Crippen LogP contribution in [0.2, 0.25) is 0 Å². The second-order valence-electron chi connectivity index (χ2n) is 8.30. The largest absolute Gasteiger partial charge is 0.497 e. The van der Waals surface area contributed by atoms with Crippen LogP contribution in [0, 0.1) is 0 Å². The summed E-state index contributed by atoms with van der Waals surface area (Å²) in [7, 11) is 3.14. The lowest BCUT2D eigenvalue weighted by molar-refractivity contribution is -0.152. The summed E-state index contributed by atoms with van der Waals surface area (Å²) in [5, 5.41) is 4.02. The molecule has 0 atom stereocenters. The number of carbonyl (C=O) groups is 1. The quantitative estimate of drug-likeness (QED) is 0.477. The molecule has 0 radical (unpaired) electrons. The van der Waals surface area contributed by atoms with E-state index in [1.54, 1.807) is 32.4 Å². The van der Waals surface area contributed by atoms with Crippen LogP contribution in [0.3, 0.4) is 0 Å². The smallest absolute Gasteiger partial charge is 0.317 e. The zero-order chi connectivity index (χ0) is 23.5. The fourth-order valence-electron chi connectivity index (χ4n) is 4.60. The van der Waals surface area contributed by atoms with Crippen LogP contribution in [0.4, 0.5) is 0 Å². The molecule has 9 heteroatoms. The number of rotatable bonds is 7. The SMILES string of the molecule is COc1ccc(-c2noc(COC(=O)C3(c4ccc5c(c4)OCCO5)CCCC3)n2)c(OC)c1. The molecule has 0 N–H and O–H groups in total. The van der Waals surface area contributed by atoms with E-state index < -0.39 is 5.41 Å². The van der Waals surface area contributed by atoms with Gasteiger partial charge in [-0.3, -0.25) is 4.79 Å². The monoisotopic (exact) mass is 466 g/mol. The molecular formula is C25H26N2O7. The van der Waals surface area contributed by atoms with Gasteiger partial charge in [-0.1, -0.05) is 24.1 Å². The number of hydrogen-bond donors (Lipinski definition) is 0. The van der Waals surface area contributed by atoms with E-state index >= 15 is 0 Å². The number of benzene rings is 2. The maximum atomic E-state index is 13.3. The highest BCUT2D eigenvalue weighted by molar-refractivity contribution is 5.84. The van der Waals surface area contributed by atoms with Gasteiger partial charge in [0.05, 0.1) is 25.2 Å².